The first-order chi connectivity index (χ1) is 9.99. The fourth-order valence-electron chi connectivity index (χ4n) is 1.81. The SMILES string of the molecule is CC(C)NCc1cn[nH]c1S(=O)(=O)NCCc1ccco1. The molecule has 8 heteroatoms. The van der Waals surface area contributed by atoms with E-state index >= 15 is 0 Å². The number of aromatic amines is 1. The van der Waals surface area contributed by atoms with Crippen molar-refractivity contribution in [2.75, 3.05) is 6.54 Å². The quantitative estimate of drug-likeness (QED) is 0.676. The molecule has 0 atom stereocenters. The molecule has 0 unspecified atom stereocenters. The maximum atomic E-state index is 12.2. The van der Waals surface area contributed by atoms with E-state index in [9.17, 15) is 8.42 Å². The second-order valence-corrected chi connectivity index (χ2v) is 6.69. The van der Waals surface area contributed by atoms with Gasteiger partial charge in [0.25, 0.3) is 10.0 Å². The minimum Gasteiger partial charge on any atom is -0.469 e. The van der Waals surface area contributed by atoms with Crippen LogP contribution in [0.1, 0.15) is 25.2 Å². The third kappa shape index (κ3) is 4.42. The van der Waals surface area contributed by atoms with Gasteiger partial charge >= 0.3 is 0 Å². The highest BCUT2D eigenvalue weighted by molar-refractivity contribution is 7.89. The predicted molar refractivity (Wildman–Crippen MR) is 78.2 cm³/mol. The van der Waals surface area contributed by atoms with E-state index in [2.05, 4.69) is 20.2 Å². The Morgan fingerprint density at radius 1 is 1.43 bits per heavy atom. The summed E-state index contributed by atoms with van der Waals surface area (Å²) in [6.45, 7) is 4.71. The largest absolute Gasteiger partial charge is 0.469 e. The van der Waals surface area contributed by atoms with Crippen LogP contribution < -0.4 is 10.0 Å². The van der Waals surface area contributed by atoms with Crippen molar-refractivity contribution in [1.82, 2.24) is 20.2 Å². The molecular weight excluding hydrogens is 292 g/mol. The lowest BCUT2D eigenvalue weighted by Gasteiger charge is -2.09. The summed E-state index contributed by atoms with van der Waals surface area (Å²) in [5, 5.41) is 9.65. The topological polar surface area (TPSA) is 100 Å². The molecule has 2 aromatic heterocycles. The van der Waals surface area contributed by atoms with E-state index in [1.807, 2.05) is 19.9 Å². The molecule has 0 bridgehead atoms. The fourth-order valence-corrected chi connectivity index (χ4v) is 2.97. The van der Waals surface area contributed by atoms with Crippen LogP contribution in [0.25, 0.3) is 0 Å². The highest BCUT2D eigenvalue weighted by Crippen LogP contribution is 2.12. The Morgan fingerprint density at radius 3 is 2.90 bits per heavy atom. The van der Waals surface area contributed by atoms with Crippen molar-refractivity contribution in [1.29, 1.82) is 0 Å². The number of sulfonamides is 1. The summed E-state index contributed by atoms with van der Waals surface area (Å²) < 4.78 is 32.2. The molecule has 0 aliphatic heterocycles. The van der Waals surface area contributed by atoms with Crippen LogP contribution in [0, 0.1) is 0 Å². The van der Waals surface area contributed by atoms with Crippen LogP contribution in [0.4, 0.5) is 0 Å². The second kappa shape index (κ2) is 6.88. The van der Waals surface area contributed by atoms with Crippen molar-refractivity contribution in [2.24, 2.45) is 0 Å². The molecule has 21 heavy (non-hydrogen) atoms. The van der Waals surface area contributed by atoms with Gasteiger partial charge in [0.15, 0.2) is 5.03 Å². The van der Waals surface area contributed by atoms with Gasteiger partial charge in [-0.3, -0.25) is 5.10 Å². The molecule has 0 amide bonds. The highest BCUT2D eigenvalue weighted by atomic mass is 32.2. The zero-order chi connectivity index (χ0) is 15.3. The van der Waals surface area contributed by atoms with Crippen molar-refractivity contribution < 1.29 is 12.8 Å². The molecular formula is C13H20N4O3S. The van der Waals surface area contributed by atoms with Crippen molar-refractivity contribution in [3.8, 4) is 0 Å². The molecule has 0 aromatic carbocycles. The third-order valence-electron chi connectivity index (χ3n) is 2.89. The Kier molecular flexibility index (Phi) is 5.16. The lowest BCUT2D eigenvalue weighted by Crippen LogP contribution is -2.28. The number of hydrogen-bond donors (Lipinski definition) is 3. The summed E-state index contributed by atoms with van der Waals surface area (Å²) in [6, 6.07) is 3.85. The van der Waals surface area contributed by atoms with Crippen LogP contribution in [-0.2, 0) is 23.0 Å². The smallest absolute Gasteiger partial charge is 0.257 e. The van der Waals surface area contributed by atoms with Crippen molar-refractivity contribution in [3.05, 3.63) is 35.9 Å². The Morgan fingerprint density at radius 2 is 2.24 bits per heavy atom. The van der Waals surface area contributed by atoms with Crippen LogP contribution in [0.3, 0.4) is 0 Å². The fraction of sp³-hybridized carbons (Fsp3) is 0.462. The van der Waals surface area contributed by atoms with E-state index in [0.717, 1.165) is 5.76 Å². The van der Waals surface area contributed by atoms with Gasteiger partial charge in [-0.1, -0.05) is 13.8 Å². The van der Waals surface area contributed by atoms with E-state index in [-0.39, 0.29) is 17.6 Å². The third-order valence-corrected chi connectivity index (χ3v) is 4.37. The monoisotopic (exact) mass is 312 g/mol. The average Bonchev–Trinajstić information content (AvgIpc) is 3.07. The van der Waals surface area contributed by atoms with Gasteiger partial charge in [-0.05, 0) is 12.1 Å². The van der Waals surface area contributed by atoms with Crippen molar-refractivity contribution >= 4 is 10.0 Å². The summed E-state index contributed by atoms with van der Waals surface area (Å²) in [4.78, 5) is 0. The number of nitrogens with zero attached hydrogens (tertiary/aromatic N) is 1. The first-order valence-corrected chi connectivity index (χ1v) is 8.25. The first kappa shape index (κ1) is 15.7. The van der Waals surface area contributed by atoms with E-state index in [0.29, 0.717) is 18.5 Å². The molecule has 0 saturated carbocycles. The van der Waals surface area contributed by atoms with Gasteiger partial charge < -0.3 is 9.73 Å². The molecule has 0 aliphatic rings. The first-order valence-electron chi connectivity index (χ1n) is 6.76. The number of furan rings is 1. The van der Waals surface area contributed by atoms with Crippen LogP contribution in [-0.4, -0.2) is 31.2 Å². The van der Waals surface area contributed by atoms with E-state index in [4.69, 9.17) is 4.42 Å². The van der Waals surface area contributed by atoms with Crippen LogP contribution >= 0.6 is 0 Å². The number of rotatable bonds is 8. The maximum Gasteiger partial charge on any atom is 0.257 e. The number of nitrogens with one attached hydrogen (secondary N) is 3. The zero-order valence-corrected chi connectivity index (χ0v) is 12.9. The van der Waals surface area contributed by atoms with Crippen LogP contribution in [0.15, 0.2) is 34.0 Å². The Hall–Kier alpha value is -1.64. The lowest BCUT2D eigenvalue weighted by atomic mass is 10.3. The van der Waals surface area contributed by atoms with Crippen LogP contribution in [0.5, 0.6) is 0 Å². The number of H-pyrrole nitrogens is 1. The zero-order valence-electron chi connectivity index (χ0n) is 12.1. The molecule has 3 N–H and O–H groups in total. The lowest BCUT2D eigenvalue weighted by molar-refractivity contribution is 0.505. The summed E-state index contributed by atoms with van der Waals surface area (Å²) in [7, 11) is -3.60. The number of aromatic nitrogens is 2. The molecule has 2 aromatic rings. The Balaban J connectivity index is 1.97. The minimum atomic E-state index is -3.60. The van der Waals surface area contributed by atoms with E-state index < -0.39 is 10.0 Å². The molecule has 2 rings (SSSR count). The van der Waals surface area contributed by atoms with Crippen LogP contribution in [0.2, 0.25) is 0 Å². The van der Waals surface area contributed by atoms with Gasteiger partial charge in [-0.25, -0.2) is 13.1 Å². The Bertz CT molecular complexity index is 647. The highest BCUT2D eigenvalue weighted by Gasteiger charge is 2.20. The molecule has 0 radical (unpaired) electrons. The predicted octanol–water partition coefficient (Wildman–Crippen LogP) is 1.02. The standard InChI is InChI=1S/C13H20N4O3S/c1-10(2)14-8-11-9-15-17-13(11)21(18,19)16-6-5-12-4-3-7-20-12/h3-4,7,9-10,14,16H,5-6,8H2,1-2H3,(H,15,17). The van der Waals surface area contributed by atoms with Crippen molar-refractivity contribution in [3.63, 3.8) is 0 Å². The van der Waals surface area contributed by atoms with Gasteiger partial charge in [0.2, 0.25) is 0 Å². The van der Waals surface area contributed by atoms with Gasteiger partial charge in [0.05, 0.1) is 12.5 Å². The maximum absolute atomic E-state index is 12.2. The molecule has 0 saturated heterocycles. The summed E-state index contributed by atoms with van der Waals surface area (Å²) in [6.07, 6.45) is 3.59. The summed E-state index contributed by atoms with van der Waals surface area (Å²) >= 11 is 0. The van der Waals surface area contributed by atoms with Gasteiger partial charge in [-0.2, -0.15) is 5.10 Å². The molecule has 2 heterocycles. The normalized spacial score (nSPS) is 12.1. The minimum absolute atomic E-state index is 0.107. The second-order valence-electron chi connectivity index (χ2n) is 4.99. The molecule has 0 fully saturated rings. The average molecular weight is 312 g/mol. The number of hydrogen-bond acceptors (Lipinski definition) is 5. The van der Waals surface area contributed by atoms with E-state index in [1.165, 1.54) is 6.20 Å². The molecule has 0 spiro atoms. The Labute approximate surface area is 124 Å². The molecule has 116 valence electrons. The van der Waals surface area contributed by atoms with Crippen molar-refractivity contribution in [2.45, 2.75) is 37.9 Å². The van der Waals surface area contributed by atoms with Gasteiger partial charge in [0.1, 0.15) is 5.76 Å². The molecule has 0 aliphatic carbocycles. The van der Waals surface area contributed by atoms with E-state index in [1.54, 1.807) is 12.3 Å². The van der Waals surface area contributed by atoms with Gasteiger partial charge in [-0.15, -0.1) is 0 Å². The van der Waals surface area contributed by atoms with Gasteiger partial charge in [0, 0.05) is 31.1 Å². The summed E-state index contributed by atoms with van der Waals surface area (Å²) in [5.41, 5.74) is 0.620. The molecule has 7 nitrogen and oxygen atoms in total. The summed E-state index contributed by atoms with van der Waals surface area (Å²) in [5.74, 6) is 0.740.